The highest BCUT2D eigenvalue weighted by Crippen LogP contribution is 2.02. The number of alkyl halides is 2. The summed E-state index contributed by atoms with van der Waals surface area (Å²) in [5, 5.41) is 5.55. The van der Waals surface area contributed by atoms with Crippen LogP contribution in [0.15, 0.2) is 35.3 Å². The molecule has 0 aromatic heterocycles. The van der Waals surface area contributed by atoms with Crippen molar-refractivity contribution in [1.29, 1.82) is 0 Å². The van der Waals surface area contributed by atoms with Crippen LogP contribution in [0.5, 0.6) is 0 Å². The molecule has 4 nitrogen and oxygen atoms in total. The number of hydrogen-bond donors (Lipinski definition) is 2. The molecule has 22 heavy (non-hydrogen) atoms. The van der Waals surface area contributed by atoms with Gasteiger partial charge in [0.15, 0.2) is 5.96 Å². The van der Waals surface area contributed by atoms with Crippen LogP contribution in [-0.4, -0.2) is 39.1 Å². The van der Waals surface area contributed by atoms with E-state index in [1.807, 2.05) is 37.3 Å². The van der Waals surface area contributed by atoms with Crippen molar-refractivity contribution in [2.75, 3.05) is 26.7 Å². The second kappa shape index (κ2) is 12.6. The number of ether oxygens (including phenoxy) is 1. The van der Waals surface area contributed by atoms with Gasteiger partial charge in [-0.25, -0.2) is 8.78 Å². The lowest BCUT2D eigenvalue weighted by atomic mass is 10.2. The first-order valence-electron chi connectivity index (χ1n) is 6.96. The molecule has 126 valence electrons. The second-order valence-electron chi connectivity index (χ2n) is 4.83. The number of rotatable bonds is 8. The van der Waals surface area contributed by atoms with Crippen molar-refractivity contribution < 1.29 is 13.5 Å². The Bertz CT molecular complexity index is 419. The Morgan fingerprint density at radius 2 is 1.82 bits per heavy atom. The Hall–Kier alpha value is -0.960. The molecule has 0 spiro atoms. The maximum Gasteiger partial charge on any atom is 0.255 e. The average molecular weight is 427 g/mol. The van der Waals surface area contributed by atoms with Gasteiger partial charge in [0.2, 0.25) is 0 Å². The van der Waals surface area contributed by atoms with E-state index in [0.29, 0.717) is 25.7 Å². The van der Waals surface area contributed by atoms with E-state index in [1.165, 1.54) is 0 Å². The predicted molar refractivity (Wildman–Crippen MR) is 96.0 cm³/mol. The lowest BCUT2D eigenvalue weighted by Crippen LogP contribution is -2.41. The standard InChI is InChI=1S/C15H23F2N3O.HI/c1-12(8-19-15(18-2)20-9-14(16)17)10-21-11-13-6-4-3-5-7-13;/h3-7,12,14H,8-11H2,1-2H3,(H2,18,19,20);1H. The predicted octanol–water partition coefficient (Wildman–Crippen LogP) is 2.89. The molecule has 0 radical (unpaired) electrons. The van der Waals surface area contributed by atoms with E-state index >= 15 is 0 Å². The smallest absolute Gasteiger partial charge is 0.255 e. The van der Waals surface area contributed by atoms with Crippen LogP contribution in [0.1, 0.15) is 12.5 Å². The van der Waals surface area contributed by atoms with Crippen LogP contribution in [-0.2, 0) is 11.3 Å². The maximum absolute atomic E-state index is 12.1. The monoisotopic (exact) mass is 427 g/mol. The summed E-state index contributed by atoms with van der Waals surface area (Å²) in [7, 11) is 1.55. The molecule has 0 aliphatic heterocycles. The summed E-state index contributed by atoms with van der Waals surface area (Å²) in [6.07, 6.45) is -2.39. The fraction of sp³-hybridized carbons (Fsp3) is 0.533. The maximum atomic E-state index is 12.1. The van der Waals surface area contributed by atoms with Crippen molar-refractivity contribution >= 4 is 29.9 Å². The van der Waals surface area contributed by atoms with Crippen molar-refractivity contribution in [3.05, 3.63) is 35.9 Å². The minimum Gasteiger partial charge on any atom is -0.376 e. The van der Waals surface area contributed by atoms with Gasteiger partial charge in [-0.2, -0.15) is 0 Å². The summed E-state index contributed by atoms with van der Waals surface area (Å²) in [6.45, 7) is 3.39. The second-order valence-corrected chi connectivity index (χ2v) is 4.83. The van der Waals surface area contributed by atoms with Crippen LogP contribution < -0.4 is 10.6 Å². The Kier molecular flexibility index (Phi) is 12.0. The minimum absolute atomic E-state index is 0. The molecule has 0 aliphatic carbocycles. The minimum atomic E-state index is -2.39. The number of benzene rings is 1. The van der Waals surface area contributed by atoms with Gasteiger partial charge in [0.05, 0.1) is 19.8 Å². The Morgan fingerprint density at radius 1 is 1.18 bits per heavy atom. The van der Waals surface area contributed by atoms with Crippen LogP contribution >= 0.6 is 24.0 Å². The van der Waals surface area contributed by atoms with Gasteiger partial charge in [-0.05, 0) is 11.5 Å². The van der Waals surface area contributed by atoms with Gasteiger partial charge in [0.25, 0.3) is 6.43 Å². The van der Waals surface area contributed by atoms with Crippen molar-refractivity contribution in [1.82, 2.24) is 10.6 Å². The molecule has 0 saturated carbocycles. The number of nitrogens with one attached hydrogen (secondary N) is 2. The van der Waals surface area contributed by atoms with Crippen molar-refractivity contribution in [2.45, 2.75) is 20.0 Å². The molecule has 1 unspecified atom stereocenters. The average Bonchev–Trinajstić information content (AvgIpc) is 2.48. The lowest BCUT2D eigenvalue weighted by Gasteiger charge is -2.16. The third kappa shape index (κ3) is 9.88. The SMILES string of the molecule is CN=C(NCC(F)F)NCC(C)COCc1ccccc1.I. The fourth-order valence-corrected chi connectivity index (χ4v) is 1.68. The normalized spacial score (nSPS) is 12.7. The van der Waals surface area contributed by atoms with E-state index < -0.39 is 13.0 Å². The molecule has 0 heterocycles. The van der Waals surface area contributed by atoms with Crippen LogP contribution in [0.3, 0.4) is 0 Å². The van der Waals surface area contributed by atoms with Gasteiger partial charge >= 0.3 is 0 Å². The summed E-state index contributed by atoms with van der Waals surface area (Å²) in [4.78, 5) is 3.88. The van der Waals surface area contributed by atoms with Crippen molar-refractivity contribution in [2.24, 2.45) is 10.9 Å². The topological polar surface area (TPSA) is 45.7 Å². The molecular weight excluding hydrogens is 403 g/mol. The highest BCUT2D eigenvalue weighted by Gasteiger charge is 2.07. The van der Waals surface area contributed by atoms with E-state index in [-0.39, 0.29) is 29.9 Å². The molecule has 1 aromatic rings. The number of hydrogen-bond acceptors (Lipinski definition) is 2. The van der Waals surface area contributed by atoms with E-state index in [2.05, 4.69) is 15.6 Å². The third-order valence-electron chi connectivity index (χ3n) is 2.78. The van der Waals surface area contributed by atoms with E-state index in [4.69, 9.17) is 4.74 Å². The van der Waals surface area contributed by atoms with Crippen molar-refractivity contribution in [3.8, 4) is 0 Å². The lowest BCUT2D eigenvalue weighted by molar-refractivity contribution is 0.0930. The van der Waals surface area contributed by atoms with Crippen LogP contribution in [0, 0.1) is 5.92 Å². The first-order valence-corrected chi connectivity index (χ1v) is 6.96. The highest BCUT2D eigenvalue weighted by atomic mass is 127. The summed E-state index contributed by atoms with van der Waals surface area (Å²) >= 11 is 0. The Morgan fingerprint density at radius 3 is 2.41 bits per heavy atom. The van der Waals surface area contributed by atoms with Gasteiger partial charge in [-0.15, -0.1) is 24.0 Å². The number of halogens is 3. The first kappa shape index (κ1) is 21.0. The quantitative estimate of drug-likeness (QED) is 0.381. The zero-order valence-corrected chi connectivity index (χ0v) is 15.2. The third-order valence-corrected chi connectivity index (χ3v) is 2.78. The van der Waals surface area contributed by atoms with Gasteiger partial charge in [0, 0.05) is 13.6 Å². The number of nitrogens with zero attached hydrogens (tertiary/aromatic N) is 1. The number of aliphatic imine (C=N–C) groups is 1. The molecule has 7 heteroatoms. The van der Waals surface area contributed by atoms with Crippen LogP contribution in [0.4, 0.5) is 8.78 Å². The largest absolute Gasteiger partial charge is 0.376 e. The van der Waals surface area contributed by atoms with Crippen molar-refractivity contribution in [3.63, 3.8) is 0 Å². The van der Waals surface area contributed by atoms with Gasteiger partial charge in [0.1, 0.15) is 0 Å². The molecule has 1 aromatic carbocycles. The van der Waals surface area contributed by atoms with Gasteiger partial charge in [-0.1, -0.05) is 37.3 Å². The highest BCUT2D eigenvalue weighted by molar-refractivity contribution is 14.0. The Labute approximate surface area is 147 Å². The summed E-state index contributed by atoms with van der Waals surface area (Å²) in [5.74, 6) is 0.629. The summed E-state index contributed by atoms with van der Waals surface area (Å²) < 4.78 is 29.8. The summed E-state index contributed by atoms with van der Waals surface area (Å²) in [6, 6.07) is 9.94. The van der Waals surface area contributed by atoms with Crippen LogP contribution in [0.25, 0.3) is 0 Å². The number of guanidine groups is 1. The molecule has 2 N–H and O–H groups in total. The van der Waals surface area contributed by atoms with Gasteiger partial charge < -0.3 is 15.4 Å². The van der Waals surface area contributed by atoms with E-state index in [1.54, 1.807) is 7.05 Å². The molecular formula is C15H24F2IN3O. The molecule has 0 fully saturated rings. The molecule has 0 bridgehead atoms. The molecule has 1 atom stereocenters. The fourth-order valence-electron chi connectivity index (χ4n) is 1.68. The van der Waals surface area contributed by atoms with E-state index in [9.17, 15) is 8.78 Å². The van der Waals surface area contributed by atoms with E-state index in [0.717, 1.165) is 5.56 Å². The molecule has 0 amide bonds. The Balaban J connectivity index is 0.00000441. The first-order chi connectivity index (χ1) is 10.1. The van der Waals surface area contributed by atoms with Gasteiger partial charge in [-0.3, -0.25) is 4.99 Å². The van der Waals surface area contributed by atoms with Crippen LogP contribution in [0.2, 0.25) is 0 Å². The molecule has 0 aliphatic rings. The summed E-state index contributed by atoms with van der Waals surface area (Å²) in [5.41, 5.74) is 1.13. The zero-order valence-electron chi connectivity index (χ0n) is 12.9. The molecule has 0 saturated heterocycles. The zero-order chi connectivity index (χ0) is 15.5. The molecule has 1 rings (SSSR count).